The summed E-state index contributed by atoms with van der Waals surface area (Å²) in [6.45, 7) is 2.30. The van der Waals surface area contributed by atoms with Gasteiger partial charge in [-0.1, -0.05) is 61.0 Å². The molecule has 0 radical (unpaired) electrons. The highest BCUT2D eigenvalue weighted by Crippen LogP contribution is 2.36. The van der Waals surface area contributed by atoms with Crippen molar-refractivity contribution in [3.63, 3.8) is 0 Å². The number of unbranched alkanes of at least 4 members (excludes halogenated alkanes) is 1. The lowest BCUT2D eigenvalue weighted by Crippen LogP contribution is -2.23. The molecule has 2 rings (SSSR count). The topological polar surface area (TPSA) is 12.9 Å². The fourth-order valence-electron chi connectivity index (χ4n) is 3.22. The first-order valence-electron chi connectivity index (χ1n) is 7.83. The third-order valence-electron chi connectivity index (χ3n) is 4.50. The smallest absolute Gasteiger partial charge is 0.0414 e. The highest BCUT2D eigenvalue weighted by Gasteiger charge is 2.26. The van der Waals surface area contributed by atoms with Crippen LogP contribution in [0.2, 0.25) is 0 Å². The third-order valence-corrected chi connectivity index (χ3v) is 5.57. The van der Waals surface area contributed by atoms with Crippen molar-refractivity contribution in [3.05, 3.63) is 30.1 Å². The first-order valence-corrected chi connectivity index (χ1v) is 8.75. The molecular formula is C17H26BrN. The minimum Gasteiger partial charge on any atom is -0.261 e. The van der Waals surface area contributed by atoms with Crippen molar-refractivity contribution in [1.29, 1.82) is 0 Å². The van der Waals surface area contributed by atoms with Gasteiger partial charge in [0.15, 0.2) is 0 Å². The summed E-state index contributed by atoms with van der Waals surface area (Å²) in [5.41, 5.74) is 1.22. The predicted molar refractivity (Wildman–Crippen MR) is 85.6 cm³/mol. The van der Waals surface area contributed by atoms with Gasteiger partial charge in [-0.3, -0.25) is 4.98 Å². The van der Waals surface area contributed by atoms with Gasteiger partial charge in [-0.15, -0.1) is 0 Å². The van der Waals surface area contributed by atoms with Gasteiger partial charge in [0.05, 0.1) is 0 Å². The van der Waals surface area contributed by atoms with E-state index in [2.05, 4.69) is 40.0 Å². The van der Waals surface area contributed by atoms with Gasteiger partial charge in [-0.25, -0.2) is 0 Å². The average Bonchev–Trinajstić information content (AvgIpc) is 2.46. The Kier molecular flexibility index (Phi) is 6.36. The SMILES string of the molecule is CCCCC1CCC(C(Br)Cc2ccccn2)CC1. The summed E-state index contributed by atoms with van der Waals surface area (Å²) in [5.74, 6) is 1.85. The van der Waals surface area contributed by atoms with Crippen LogP contribution < -0.4 is 0 Å². The molecule has 1 heterocycles. The lowest BCUT2D eigenvalue weighted by atomic mass is 9.78. The Hall–Kier alpha value is -0.370. The molecule has 1 saturated carbocycles. The Labute approximate surface area is 126 Å². The van der Waals surface area contributed by atoms with Crippen LogP contribution in [0.1, 0.15) is 57.6 Å². The highest BCUT2D eigenvalue weighted by atomic mass is 79.9. The van der Waals surface area contributed by atoms with Gasteiger partial charge in [-0.05, 0) is 36.8 Å². The number of nitrogens with zero attached hydrogens (tertiary/aromatic N) is 1. The maximum atomic E-state index is 4.44. The van der Waals surface area contributed by atoms with E-state index in [4.69, 9.17) is 0 Å². The minimum absolute atomic E-state index is 0.606. The standard InChI is InChI=1S/C17H26BrN/c1-2-3-6-14-8-10-15(11-9-14)17(18)13-16-7-4-5-12-19-16/h4-5,7,12,14-15,17H,2-3,6,8-11,13H2,1H3. The molecular weight excluding hydrogens is 298 g/mol. The van der Waals surface area contributed by atoms with Crippen LogP contribution in [-0.2, 0) is 6.42 Å². The van der Waals surface area contributed by atoms with E-state index in [-0.39, 0.29) is 0 Å². The maximum absolute atomic E-state index is 4.44. The Morgan fingerprint density at radius 1 is 1.26 bits per heavy atom. The van der Waals surface area contributed by atoms with Gasteiger partial charge in [-0.2, -0.15) is 0 Å². The number of halogens is 1. The Bertz CT molecular complexity index is 344. The van der Waals surface area contributed by atoms with Crippen LogP contribution in [0, 0.1) is 11.8 Å². The molecule has 0 saturated heterocycles. The Morgan fingerprint density at radius 3 is 2.68 bits per heavy atom. The summed E-state index contributed by atoms with van der Waals surface area (Å²) in [7, 11) is 0. The fraction of sp³-hybridized carbons (Fsp3) is 0.706. The molecule has 1 nitrogen and oxygen atoms in total. The molecule has 0 spiro atoms. The summed E-state index contributed by atoms with van der Waals surface area (Å²) in [6, 6.07) is 6.22. The van der Waals surface area contributed by atoms with E-state index in [0.29, 0.717) is 4.83 Å². The quantitative estimate of drug-likeness (QED) is 0.640. The van der Waals surface area contributed by atoms with Crippen LogP contribution in [0.3, 0.4) is 0 Å². The molecule has 0 aliphatic heterocycles. The molecule has 0 aromatic carbocycles. The molecule has 2 heteroatoms. The molecule has 0 N–H and O–H groups in total. The molecule has 1 aromatic rings. The number of hydrogen-bond donors (Lipinski definition) is 0. The van der Waals surface area contributed by atoms with Gasteiger partial charge in [0.1, 0.15) is 0 Å². The summed E-state index contributed by atoms with van der Waals surface area (Å²) in [5, 5.41) is 0. The summed E-state index contributed by atoms with van der Waals surface area (Å²) >= 11 is 3.91. The number of alkyl halides is 1. The minimum atomic E-state index is 0.606. The average molecular weight is 324 g/mol. The Morgan fingerprint density at radius 2 is 2.05 bits per heavy atom. The molecule has 1 fully saturated rings. The van der Waals surface area contributed by atoms with Crippen molar-refractivity contribution < 1.29 is 0 Å². The maximum Gasteiger partial charge on any atom is 0.0414 e. The predicted octanol–water partition coefficient (Wildman–Crippen LogP) is 5.38. The molecule has 1 unspecified atom stereocenters. The van der Waals surface area contributed by atoms with Crippen molar-refractivity contribution in [3.8, 4) is 0 Å². The van der Waals surface area contributed by atoms with E-state index in [1.54, 1.807) is 0 Å². The second-order valence-corrected chi connectivity index (χ2v) is 7.14. The second-order valence-electron chi connectivity index (χ2n) is 5.96. The molecule has 1 aliphatic carbocycles. The van der Waals surface area contributed by atoms with Crippen LogP contribution in [0.15, 0.2) is 24.4 Å². The van der Waals surface area contributed by atoms with E-state index in [0.717, 1.165) is 18.3 Å². The van der Waals surface area contributed by atoms with E-state index in [1.165, 1.54) is 50.6 Å². The lowest BCUT2D eigenvalue weighted by Gasteiger charge is -2.31. The van der Waals surface area contributed by atoms with E-state index in [1.807, 2.05) is 12.3 Å². The zero-order valence-electron chi connectivity index (χ0n) is 12.0. The van der Waals surface area contributed by atoms with Crippen LogP contribution in [-0.4, -0.2) is 9.81 Å². The van der Waals surface area contributed by atoms with Crippen LogP contribution in [0.4, 0.5) is 0 Å². The van der Waals surface area contributed by atoms with Crippen molar-refractivity contribution in [2.24, 2.45) is 11.8 Å². The van der Waals surface area contributed by atoms with Crippen LogP contribution in [0.5, 0.6) is 0 Å². The number of aromatic nitrogens is 1. The first kappa shape index (κ1) is 15.0. The molecule has 19 heavy (non-hydrogen) atoms. The van der Waals surface area contributed by atoms with Gasteiger partial charge in [0.2, 0.25) is 0 Å². The third kappa shape index (κ3) is 4.91. The monoisotopic (exact) mass is 323 g/mol. The number of pyridine rings is 1. The van der Waals surface area contributed by atoms with Crippen LogP contribution in [0.25, 0.3) is 0 Å². The van der Waals surface area contributed by atoms with Gasteiger partial charge < -0.3 is 0 Å². The van der Waals surface area contributed by atoms with Crippen molar-refractivity contribution in [2.45, 2.75) is 63.1 Å². The molecule has 1 aromatic heterocycles. The highest BCUT2D eigenvalue weighted by molar-refractivity contribution is 9.09. The van der Waals surface area contributed by atoms with Gasteiger partial charge in [0.25, 0.3) is 0 Å². The summed E-state index contributed by atoms with van der Waals surface area (Å²) < 4.78 is 0. The molecule has 1 aliphatic rings. The van der Waals surface area contributed by atoms with E-state index in [9.17, 15) is 0 Å². The van der Waals surface area contributed by atoms with E-state index < -0.39 is 0 Å². The van der Waals surface area contributed by atoms with Crippen molar-refractivity contribution >= 4 is 15.9 Å². The Balaban J connectivity index is 1.74. The zero-order chi connectivity index (χ0) is 13.5. The number of rotatable bonds is 6. The van der Waals surface area contributed by atoms with Crippen LogP contribution >= 0.6 is 15.9 Å². The van der Waals surface area contributed by atoms with E-state index >= 15 is 0 Å². The molecule has 0 amide bonds. The van der Waals surface area contributed by atoms with Crippen molar-refractivity contribution in [2.75, 3.05) is 0 Å². The second kappa shape index (κ2) is 8.04. The number of hydrogen-bond acceptors (Lipinski definition) is 1. The molecule has 1 atom stereocenters. The zero-order valence-corrected chi connectivity index (χ0v) is 13.6. The van der Waals surface area contributed by atoms with Crippen molar-refractivity contribution in [1.82, 2.24) is 4.98 Å². The normalized spacial score (nSPS) is 25.2. The van der Waals surface area contributed by atoms with Gasteiger partial charge in [0, 0.05) is 23.1 Å². The lowest BCUT2D eigenvalue weighted by molar-refractivity contribution is 0.256. The first-order chi connectivity index (χ1) is 9.29. The summed E-state index contributed by atoms with van der Waals surface area (Å²) in [6.07, 6.45) is 12.9. The molecule has 0 bridgehead atoms. The fourth-order valence-corrected chi connectivity index (χ4v) is 4.08. The summed E-state index contributed by atoms with van der Waals surface area (Å²) in [4.78, 5) is 5.05. The molecule has 106 valence electrons. The largest absolute Gasteiger partial charge is 0.261 e. The van der Waals surface area contributed by atoms with Gasteiger partial charge >= 0.3 is 0 Å².